The van der Waals surface area contributed by atoms with Gasteiger partial charge in [-0.25, -0.2) is 9.97 Å². The van der Waals surface area contributed by atoms with E-state index in [2.05, 4.69) is 46.2 Å². The lowest BCUT2D eigenvalue weighted by molar-refractivity contribution is -0.136. The minimum atomic E-state index is -0.993. The molecule has 4 amide bonds. The van der Waals surface area contributed by atoms with Crippen molar-refractivity contribution in [2.24, 2.45) is 0 Å². The van der Waals surface area contributed by atoms with Crippen LogP contribution in [0, 0.1) is 0 Å². The van der Waals surface area contributed by atoms with Crippen molar-refractivity contribution in [2.45, 2.75) is 64.1 Å². The second-order valence-corrected chi connectivity index (χ2v) is 13.5. The number of ketones is 1. The Morgan fingerprint density at radius 1 is 0.863 bits per heavy atom. The lowest BCUT2D eigenvalue weighted by atomic mass is 9.78. The van der Waals surface area contributed by atoms with Gasteiger partial charge in [-0.05, 0) is 72.5 Å². The number of fused-ring (bicyclic) bond motifs is 1. The SMILES string of the molecule is CC(=O)c1nccc(COc2ccc(C(C)(C)c3ccc(OC[C@H]4CCN4c4ccc5c(c4)C(=O)N(C4CCC(=O)NC4=O)C5=O)cc3)cc2)n1. The van der Waals surface area contributed by atoms with Gasteiger partial charge < -0.3 is 14.4 Å². The molecule has 1 N–H and O–H groups in total. The number of carbonyl (C=O) groups excluding carboxylic acids is 5. The van der Waals surface area contributed by atoms with Crippen LogP contribution in [0.3, 0.4) is 0 Å². The van der Waals surface area contributed by atoms with Crippen molar-refractivity contribution in [2.75, 3.05) is 18.1 Å². The third-order valence-corrected chi connectivity index (χ3v) is 9.91. The number of nitrogens with zero attached hydrogens (tertiary/aromatic N) is 4. The highest BCUT2D eigenvalue weighted by atomic mass is 16.5. The number of Topliss-reactive ketones (excluding diaryl/α,β-unsaturated/α-hetero) is 1. The van der Waals surface area contributed by atoms with Gasteiger partial charge in [0, 0.05) is 37.2 Å². The number of aromatic nitrogens is 2. The molecule has 3 aliphatic rings. The highest BCUT2D eigenvalue weighted by molar-refractivity contribution is 6.23. The summed E-state index contributed by atoms with van der Waals surface area (Å²) in [4.78, 5) is 73.3. The van der Waals surface area contributed by atoms with E-state index in [9.17, 15) is 24.0 Å². The summed E-state index contributed by atoms with van der Waals surface area (Å²) in [6, 6.07) is 22.0. The molecule has 2 fully saturated rings. The van der Waals surface area contributed by atoms with Crippen LogP contribution in [-0.2, 0) is 21.6 Å². The minimum absolute atomic E-state index is 0.0775. The van der Waals surface area contributed by atoms with Crippen LogP contribution in [0.25, 0.3) is 0 Å². The van der Waals surface area contributed by atoms with Crippen LogP contribution in [0.1, 0.15) is 88.2 Å². The zero-order valence-electron chi connectivity index (χ0n) is 28.5. The maximum absolute atomic E-state index is 13.3. The monoisotopic (exact) mass is 687 g/mol. The van der Waals surface area contributed by atoms with Gasteiger partial charge in [-0.1, -0.05) is 38.1 Å². The molecular weight excluding hydrogens is 650 g/mol. The number of hydrogen-bond donors (Lipinski definition) is 1. The molecule has 0 aliphatic carbocycles. The zero-order chi connectivity index (χ0) is 35.9. The van der Waals surface area contributed by atoms with E-state index < -0.39 is 29.7 Å². The smallest absolute Gasteiger partial charge is 0.262 e. The summed E-state index contributed by atoms with van der Waals surface area (Å²) in [5.74, 6) is -0.640. The van der Waals surface area contributed by atoms with Gasteiger partial charge in [0.1, 0.15) is 30.8 Å². The molecule has 7 rings (SSSR count). The average molecular weight is 688 g/mol. The first kappa shape index (κ1) is 33.6. The Labute approximate surface area is 294 Å². The molecule has 12 heteroatoms. The average Bonchev–Trinajstić information content (AvgIpc) is 3.35. The van der Waals surface area contributed by atoms with Crippen LogP contribution in [0.2, 0.25) is 0 Å². The van der Waals surface area contributed by atoms with Crippen LogP contribution < -0.4 is 19.7 Å². The number of ether oxygens (including phenoxy) is 2. The summed E-state index contributed by atoms with van der Waals surface area (Å²) < 4.78 is 12.1. The van der Waals surface area contributed by atoms with Crippen molar-refractivity contribution in [3.63, 3.8) is 0 Å². The maximum atomic E-state index is 13.3. The van der Waals surface area contributed by atoms with E-state index in [4.69, 9.17) is 9.47 Å². The van der Waals surface area contributed by atoms with E-state index in [1.165, 1.54) is 6.92 Å². The fourth-order valence-electron chi connectivity index (χ4n) is 6.69. The maximum Gasteiger partial charge on any atom is 0.262 e. The fraction of sp³-hybridized carbons (Fsp3) is 0.308. The van der Waals surface area contributed by atoms with Gasteiger partial charge in [0.15, 0.2) is 11.6 Å². The Morgan fingerprint density at radius 3 is 2.16 bits per heavy atom. The molecule has 0 saturated carbocycles. The number of hydrogen-bond acceptors (Lipinski definition) is 10. The third kappa shape index (κ3) is 6.56. The minimum Gasteiger partial charge on any atom is -0.491 e. The number of imide groups is 2. The highest BCUT2D eigenvalue weighted by Gasteiger charge is 2.45. The van der Waals surface area contributed by atoms with Crippen molar-refractivity contribution >= 4 is 35.1 Å². The van der Waals surface area contributed by atoms with Gasteiger partial charge >= 0.3 is 0 Å². The van der Waals surface area contributed by atoms with Gasteiger partial charge in [0.25, 0.3) is 11.8 Å². The number of nitrogens with one attached hydrogen (secondary N) is 1. The Balaban J connectivity index is 0.944. The van der Waals surface area contributed by atoms with Crippen LogP contribution in [-0.4, -0.2) is 69.5 Å². The van der Waals surface area contributed by atoms with E-state index in [1.54, 1.807) is 24.4 Å². The van der Waals surface area contributed by atoms with E-state index in [-0.39, 0.29) is 53.6 Å². The molecular formula is C39H37N5O7. The lowest BCUT2D eigenvalue weighted by Gasteiger charge is -2.42. The van der Waals surface area contributed by atoms with Gasteiger partial charge in [-0.2, -0.15) is 0 Å². The van der Waals surface area contributed by atoms with Gasteiger partial charge in [0.2, 0.25) is 11.8 Å². The largest absolute Gasteiger partial charge is 0.491 e. The van der Waals surface area contributed by atoms with Gasteiger partial charge in [-0.3, -0.25) is 34.2 Å². The van der Waals surface area contributed by atoms with E-state index in [0.29, 0.717) is 18.1 Å². The standard InChI is InChI=1S/C39H37N5O7/c1-23(45)35-40-18-16-26(41-35)21-50-29-9-4-24(5-10-29)39(2,3)25-6-11-30(12-7-25)51-22-28-17-19-43(28)27-8-13-31-32(20-27)38(49)44(37(31)48)33-14-15-34(46)42-36(33)47/h4-13,16,18,20,28,33H,14-15,17,19,21-22H2,1-3H3,(H,42,46,47)/t28-,33?/m1/s1. The summed E-state index contributed by atoms with van der Waals surface area (Å²) in [7, 11) is 0. The van der Waals surface area contributed by atoms with Gasteiger partial charge in [-0.15, -0.1) is 0 Å². The molecule has 4 aromatic rings. The second-order valence-electron chi connectivity index (χ2n) is 13.5. The van der Waals surface area contributed by atoms with Gasteiger partial charge in [0.05, 0.1) is 22.9 Å². The number of benzene rings is 3. The molecule has 4 heterocycles. The Hall–Kier alpha value is -5.91. The van der Waals surface area contributed by atoms with Crippen LogP contribution in [0.5, 0.6) is 11.5 Å². The first-order valence-corrected chi connectivity index (χ1v) is 16.9. The van der Waals surface area contributed by atoms with Crippen molar-refractivity contribution in [3.8, 4) is 11.5 Å². The molecule has 1 aromatic heterocycles. The summed E-state index contributed by atoms with van der Waals surface area (Å²) in [6.45, 7) is 7.21. The molecule has 3 aromatic carbocycles. The Kier molecular flexibility index (Phi) is 8.84. The highest BCUT2D eigenvalue weighted by Crippen LogP contribution is 2.36. The number of amides is 4. The molecule has 2 saturated heterocycles. The molecule has 3 aliphatic heterocycles. The Morgan fingerprint density at radius 2 is 1.53 bits per heavy atom. The normalized spacial score (nSPS) is 18.6. The van der Waals surface area contributed by atoms with E-state index in [1.807, 2.05) is 42.5 Å². The van der Waals surface area contributed by atoms with E-state index in [0.717, 1.165) is 40.4 Å². The number of piperidine rings is 1. The molecule has 2 atom stereocenters. The number of carbonyl (C=O) groups is 5. The molecule has 1 unspecified atom stereocenters. The fourth-order valence-corrected chi connectivity index (χ4v) is 6.69. The lowest BCUT2D eigenvalue weighted by Crippen LogP contribution is -2.54. The molecule has 0 radical (unpaired) electrons. The van der Waals surface area contributed by atoms with E-state index >= 15 is 0 Å². The first-order chi connectivity index (χ1) is 24.5. The predicted molar refractivity (Wildman–Crippen MR) is 186 cm³/mol. The Bertz CT molecular complexity index is 2040. The second kappa shape index (κ2) is 13.4. The van der Waals surface area contributed by atoms with Crippen LogP contribution in [0.15, 0.2) is 79.0 Å². The molecule has 260 valence electrons. The topological polar surface area (TPSA) is 148 Å². The van der Waals surface area contributed by atoms with Crippen LogP contribution >= 0.6 is 0 Å². The van der Waals surface area contributed by atoms with Crippen molar-refractivity contribution < 1.29 is 33.4 Å². The zero-order valence-corrected chi connectivity index (χ0v) is 28.5. The molecule has 12 nitrogen and oxygen atoms in total. The predicted octanol–water partition coefficient (Wildman–Crippen LogP) is 4.64. The summed E-state index contributed by atoms with van der Waals surface area (Å²) in [5, 5.41) is 2.23. The number of rotatable bonds is 11. The molecule has 51 heavy (non-hydrogen) atoms. The summed E-state index contributed by atoms with van der Waals surface area (Å²) in [5.41, 5.74) is 3.91. The van der Waals surface area contributed by atoms with Crippen molar-refractivity contribution in [1.82, 2.24) is 20.2 Å². The number of anilines is 1. The third-order valence-electron chi connectivity index (χ3n) is 9.91. The van der Waals surface area contributed by atoms with Crippen molar-refractivity contribution in [1.29, 1.82) is 0 Å². The van der Waals surface area contributed by atoms with Crippen molar-refractivity contribution in [3.05, 3.63) is 113 Å². The molecule has 0 bridgehead atoms. The summed E-state index contributed by atoms with van der Waals surface area (Å²) >= 11 is 0. The van der Waals surface area contributed by atoms with Crippen LogP contribution in [0.4, 0.5) is 5.69 Å². The quantitative estimate of drug-likeness (QED) is 0.175. The first-order valence-electron chi connectivity index (χ1n) is 16.9. The summed E-state index contributed by atoms with van der Waals surface area (Å²) in [6.07, 6.45) is 2.66. The molecule has 0 spiro atoms.